The predicted octanol–water partition coefficient (Wildman–Crippen LogP) is -1.59. The van der Waals surface area contributed by atoms with E-state index in [-0.39, 0.29) is 51.4 Å². The quantitative estimate of drug-likeness (QED) is 0.203. The Labute approximate surface area is 126 Å². The van der Waals surface area contributed by atoms with Crippen LogP contribution in [0.25, 0.3) is 0 Å². The zero-order valence-electron chi connectivity index (χ0n) is 8.15. The predicted molar refractivity (Wildman–Crippen MR) is 46.2 cm³/mol. The fraction of sp³-hybridized carbons (Fsp3) is 0.800. The van der Waals surface area contributed by atoms with E-state index in [4.69, 9.17) is 5.11 Å². The van der Waals surface area contributed by atoms with Crippen LogP contribution in [0.4, 0.5) is 0 Å². The number of esters is 1. The van der Waals surface area contributed by atoms with Gasteiger partial charge in [-0.2, -0.15) is 0 Å². The van der Waals surface area contributed by atoms with Crippen LogP contribution in [0.3, 0.4) is 0 Å². The van der Waals surface area contributed by atoms with Crippen LogP contribution in [0.15, 0.2) is 0 Å². The maximum absolute atomic E-state index is 10.6. The molecule has 0 aliphatic carbocycles. The van der Waals surface area contributed by atoms with Crippen molar-refractivity contribution in [1.29, 1.82) is 0 Å². The Morgan fingerprint density at radius 3 is 2.07 bits per heavy atom. The third-order valence-electron chi connectivity index (χ3n) is 1.39. The topological polar surface area (TPSA) is 133 Å². The molecule has 0 aliphatic rings. The van der Waals surface area contributed by atoms with E-state index in [1.165, 1.54) is 0 Å². The Morgan fingerprint density at radius 1 is 1.40 bits per heavy atom. The minimum Gasteiger partial charge on any atom is -0.467 e. The van der Waals surface area contributed by atoms with Gasteiger partial charge in [-0.05, 0) is 0 Å². The monoisotopic (exact) mass is 247 g/mol. The molecule has 9 nitrogen and oxygen atoms in total. The van der Waals surface area contributed by atoms with E-state index >= 15 is 0 Å². The molecule has 0 aromatic heterocycles. The Kier molecular flexibility index (Phi) is 9.29. The van der Waals surface area contributed by atoms with Gasteiger partial charge in [0.15, 0.2) is 6.10 Å². The fourth-order valence-corrected chi connectivity index (χ4v) is 0.681. The third kappa shape index (κ3) is 6.12. The van der Waals surface area contributed by atoms with Crippen molar-refractivity contribution >= 4 is 57.4 Å². The Morgan fingerprint density at radius 2 is 1.80 bits per heavy atom. The van der Waals surface area contributed by atoms with Crippen LogP contribution < -0.4 is 0 Å². The van der Waals surface area contributed by atoms with E-state index in [9.17, 15) is 25.0 Å². The second-order valence-electron chi connectivity index (χ2n) is 2.33. The van der Waals surface area contributed by atoms with Crippen molar-refractivity contribution in [3.63, 3.8) is 0 Å². The van der Waals surface area contributed by atoms with E-state index in [1.54, 1.807) is 0 Å². The second kappa shape index (κ2) is 8.07. The number of methoxy groups -OCH3 is 1. The first-order valence-corrected chi connectivity index (χ1v) is 3.43. The van der Waals surface area contributed by atoms with Gasteiger partial charge < -0.3 is 9.84 Å². The Bertz CT molecular complexity index is 244. The van der Waals surface area contributed by atoms with Gasteiger partial charge in [-0.1, -0.05) is 0 Å². The number of hydrogen-bond donors (Lipinski definition) is 1. The number of aliphatic hydroxyl groups is 1. The van der Waals surface area contributed by atoms with Gasteiger partial charge in [0, 0.05) is 51.4 Å². The van der Waals surface area contributed by atoms with Crippen LogP contribution >= 0.6 is 0 Å². The number of aliphatic hydroxyl groups excluding tert-OH is 1. The Balaban J connectivity index is 0. The summed E-state index contributed by atoms with van der Waals surface area (Å²) >= 11 is 0. The van der Waals surface area contributed by atoms with Crippen LogP contribution in [0, 0.1) is 20.2 Å². The first-order valence-electron chi connectivity index (χ1n) is 3.43. The average molecular weight is 247 g/mol. The van der Waals surface area contributed by atoms with Gasteiger partial charge in [0.1, 0.15) is 6.42 Å². The molecule has 0 aliphatic heterocycles. The van der Waals surface area contributed by atoms with Crippen molar-refractivity contribution in [2.24, 2.45) is 0 Å². The molecule has 10 heteroatoms. The standard InChI is InChI=1S/C5H8N2O7.K/c1-14-5(9)3(8)2-4(6(10)11)7(12)13;/h3-4,8H,2H2,1H3;. The molecule has 0 fully saturated rings. The zero-order valence-corrected chi connectivity index (χ0v) is 11.3. The summed E-state index contributed by atoms with van der Waals surface area (Å²) in [5.74, 6) is -1.14. The van der Waals surface area contributed by atoms with Gasteiger partial charge in [0.2, 0.25) is 0 Å². The summed E-state index contributed by atoms with van der Waals surface area (Å²) in [7, 11) is 0.957. The Hall–Kier alpha value is -0.134. The van der Waals surface area contributed by atoms with Crippen molar-refractivity contribution in [3.05, 3.63) is 20.2 Å². The molecule has 0 saturated heterocycles. The summed E-state index contributed by atoms with van der Waals surface area (Å²) in [5.41, 5.74) is 0. The van der Waals surface area contributed by atoms with E-state index in [0.29, 0.717) is 0 Å². The molecule has 0 heterocycles. The molecule has 0 rings (SSSR count). The number of carbonyl (C=O) groups is 1. The second-order valence-corrected chi connectivity index (χ2v) is 2.33. The first-order chi connectivity index (χ1) is 6.40. The minimum atomic E-state index is -2.20. The van der Waals surface area contributed by atoms with Crippen molar-refractivity contribution < 1.29 is 24.5 Å². The molecule has 0 amide bonds. The minimum absolute atomic E-state index is 0. The van der Waals surface area contributed by atoms with E-state index in [0.717, 1.165) is 7.11 Å². The molecule has 0 aromatic rings. The molecule has 0 saturated carbocycles. The number of rotatable bonds is 5. The maximum Gasteiger partial charge on any atom is 0.453 e. The number of hydrogen-bond acceptors (Lipinski definition) is 7. The van der Waals surface area contributed by atoms with Gasteiger partial charge in [-0.15, -0.1) is 0 Å². The van der Waals surface area contributed by atoms with E-state index < -0.39 is 34.5 Å². The van der Waals surface area contributed by atoms with Crippen LogP contribution in [0.1, 0.15) is 6.42 Å². The summed E-state index contributed by atoms with van der Waals surface area (Å²) in [6.45, 7) is 0. The SMILES string of the molecule is COC(=O)C(O)CC([N+](=O)[O-])[N+](=O)[O-].[K]. The molecule has 15 heavy (non-hydrogen) atoms. The van der Waals surface area contributed by atoms with Gasteiger partial charge in [0.25, 0.3) is 0 Å². The number of ether oxygens (including phenoxy) is 1. The smallest absolute Gasteiger partial charge is 0.453 e. The molecule has 1 atom stereocenters. The molecule has 1 radical (unpaired) electrons. The molecule has 0 spiro atoms. The van der Waals surface area contributed by atoms with Crippen molar-refractivity contribution in [2.45, 2.75) is 18.7 Å². The first kappa shape index (κ1) is 17.3. The number of nitrogens with zero attached hydrogens (tertiary/aromatic N) is 2. The maximum atomic E-state index is 10.6. The summed E-state index contributed by atoms with van der Waals surface area (Å²) in [5, 5.41) is 29.1. The molecule has 1 unspecified atom stereocenters. The molecular weight excluding hydrogens is 239 g/mol. The normalized spacial score (nSPS) is 11.4. The summed E-state index contributed by atoms with van der Waals surface area (Å²) in [4.78, 5) is 28.4. The van der Waals surface area contributed by atoms with Crippen LogP contribution in [-0.2, 0) is 9.53 Å². The molecule has 0 bridgehead atoms. The van der Waals surface area contributed by atoms with Gasteiger partial charge >= 0.3 is 12.1 Å². The molecule has 1 N–H and O–H groups in total. The van der Waals surface area contributed by atoms with Gasteiger partial charge in [0.05, 0.1) is 17.0 Å². The number of nitro groups is 2. The van der Waals surface area contributed by atoms with Crippen molar-refractivity contribution in [3.8, 4) is 0 Å². The molecule has 81 valence electrons. The van der Waals surface area contributed by atoms with Crippen molar-refractivity contribution in [2.75, 3.05) is 7.11 Å². The zero-order chi connectivity index (χ0) is 11.3. The van der Waals surface area contributed by atoms with Crippen LogP contribution in [0.5, 0.6) is 0 Å². The molecule has 0 aromatic carbocycles. The largest absolute Gasteiger partial charge is 0.467 e. The van der Waals surface area contributed by atoms with E-state index in [1.807, 2.05) is 0 Å². The van der Waals surface area contributed by atoms with E-state index in [2.05, 4.69) is 4.74 Å². The number of carbonyl (C=O) groups excluding carboxylic acids is 1. The van der Waals surface area contributed by atoms with Crippen molar-refractivity contribution in [1.82, 2.24) is 0 Å². The summed E-state index contributed by atoms with van der Waals surface area (Å²) in [6.07, 6.45) is -4.97. The summed E-state index contributed by atoms with van der Waals surface area (Å²) in [6, 6.07) is 0. The molecular formula is C5H8KN2O7. The van der Waals surface area contributed by atoms with Crippen LogP contribution in [0.2, 0.25) is 0 Å². The van der Waals surface area contributed by atoms with Crippen LogP contribution in [-0.4, -0.2) is 91.7 Å². The fourth-order valence-electron chi connectivity index (χ4n) is 0.681. The summed E-state index contributed by atoms with van der Waals surface area (Å²) < 4.78 is 4.04. The average Bonchev–Trinajstić information content (AvgIpc) is 2.11. The third-order valence-corrected chi connectivity index (χ3v) is 1.39. The van der Waals surface area contributed by atoms with Gasteiger partial charge in [-0.25, -0.2) is 4.79 Å². The van der Waals surface area contributed by atoms with Gasteiger partial charge in [-0.3, -0.25) is 20.2 Å².